The largest absolute Gasteiger partial charge is 0.756 e. The SMILES string of the molecule is CC(C)CCCC(C)CCCC(C)CCCC(C)CC(=O)CC[C@H](COP(=O)([O-])OCC[N+](C)(C)C)OC(=O)CC(C)CCCC(C)CCCC(C)CCCC(C)C. The number of likely N-dealkylation sites (N-methyl/N-ethyl adjacent to an activating group) is 1. The highest BCUT2D eigenvalue weighted by atomic mass is 31.2. The number of carbonyl (C=O) groups excluding carboxylic acids is 2. The van der Waals surface area contributed by atoms with Crippen LogP contribution in [0, 0.1) is 47.3 Å². The van der Waals surface area contributed by atoms with Crippen molar-refractivity contribution in [1.82, 2.24) is 0 Å². The number of hydrogen-bond donors (Lipinski definition) is 0. The molecule has 0 amide bonds. The molecule has 0 saturated heterocycles. The average Bonchev–Trinajstić information content (AvgIpc) is 3.08. The maximum atomic E-state index is 13.1. The second kappa shape index (κ2) is 32.9. The van der Waals surface area contributed by atoms with Crippen LogP contribution in [0.25, 0.3) is 0 Å². The zero-order valence-electron chi connectivity index (χ0n) is 40.6. The molecule has 0 aliphatic heterocycles. The summed E-state index contributed by atoms with van der Waals surface area (Å²) >= 11 is 0. The Hall–Kier alpha value is -0.790. The average molecular weight is 844 g/mol. The van der Waals surface area contributed by atoms with Crippen LogP contribution in [0.1, 0.15) is 210 Å². The molecule has 0 saturated carbocycles. The summed E-state index contributed by atoms with van der Waals surface area (Å²) in [6.45, 7) is 23.1. The lowest BCUT2D eigenvalue weighted by atomic mass is 9.90. The van der Waals surface area contributed by atoms with Crippen molar-refractivity contribution in [3.8, 4) is 0 Å². The third-order valence-electron chi connectivity index (χ3n) is 12.1. The monoisotopic (exact) mass is 844 g/mol. The Morgan fingerprint density at radius 1 is 0.517 bits per heavy atom. The highest BCUT2D eigenvalue weighted by Crippen LogP contribution is 2.38. The Morgan fingerprint density at radius 2 is 0.879 bits per heavy atom. The van der Waals surface area contributed by atoms with E-state index in [-0.39, 0.29) is 56.1 Å². The van der Waals surface area contributed by atoms with Gasteiger partial charge in [0.25, 0.3) is 7.82 Å². The van der Waals surface area contributed by atoms with E-state index < -0.39 is 13.9 Å². The van der Waals surface area contributed by atoms with Crippen LogP contribution in [0.4, 0.5) is 0 Å². The predicted molar refractivity (Wildman–Crippen MR) is 244 cm³/mol. The molecule has 0 aromatic carbocycles. The summed E-state index contributed by atoms with van der Waals surface area (Å²) in [7, 11) is 1.25. The normalized spacial score (nSPS) is 17.1. The van der Waals surface area contributed by atoms with Crippen LogP contribution in [0.3, 0.4) is 0 Å². The first-order valence-electron chi connectivity index (χ1n) is 24.2. The summed E-state index contributed by atoms with van der Waals surface area (Å²) in [4.78, 5) is 38.8. The van der Waals surface area contributed by atoms with Crippen molar-refractivity contribution < 1.29 is 37.3 Å². The third-order valence-corrected chi connectivity index (χ3v) is 13.1. The summed E-state index contributed by atoms with van der Waals surface area (Å²) < 4.78 is 29.2. The molecule has 0 rings (SSSR count). The van der Waals surface area contributed by atoms with E-state index in [1.165, 1.54) is 83.5 Å². The number of rotatable bonds is 39. The molecule has 0 N–H and O–H groups in total. The Morgan fingerprint density at radius 3 is 1.26 bits per heavy atom. The fraction of sp³-hybridized carbons (Fsp3) is 0.959. The molecule has 0 radical (unpaired) electrons. The lowest BCUT2D eigenvalue weighted by molar-refractivity contribution is -0.870. The van der Waals surface area contributed by atoms with Gasteiger partial charge in [-0.1, -0.05) is 185 Å². The topological polar surface area (TPSA) is 102 Å². The molecular formula is C49H98NO7P. The van der Waals surface area contributed by atoms with E-state index in [0.717, 1.165) is 55.8 Å². The second-order valence-electron chi connectivity index (χ2n) is 21.2. The number of nitrogens with zero attached hydrogens (tertiary/aromatic N) is 1. The van der Waals surface area contributed by atoms with Gasteiger partial charge in [0.1, 0.15) is 25.0 Å². The number of carbonyl (C=O) groups is 2. The Labute approximate surface area is 360 Å². The Bertz CT molecular complexity index is 1080. The van der Waals surface area contributed by atoms with Gasteiger partial charge in [-0.2, -0.15) is 0 Å². The summed E-state index contributed by atoms with van der Waals surface area (Å²) in [5.74, 6) is 4.75. The Balaban J connectivity index is 4.82. The summed E-state index contributed by atoms with van der Waals surface area (Å²) in [6, 6.07) is 0. The number of esters is 1. The van der Waals surface area contributed by atoms with E-state index in [4.69, 9.17) is 13.8 Å². The molecule has 0 spiro atoms. The standard InChI is InChI=1S/C49H98NO7P/c1-39(2)20-14-22-41(5)24-16-26-43(7)28-18-30-45(9)36-47(51)32-33-48(38-56-58(53,54)55-35-34-50(11,12)13)57-49(52)37-46(10)31-19-29-44(8)27-17-25-42(6)23-15-21-40(3)4/h39-46,48H,14-38H2,1-13H3/t41?,42?,43?,44?,45?,46?,48-/m1/s1. The smallest absolute Gasteiger partial charge is 0.306 e. The van der Waals surface area contributed by atoms with Gasteiger partial charge in [0.05, 0.1) is 27.7 Å². The van der Waals surface area contributed by atoms with Gasteiger partial charge in [-0.25, -0.2) is 0 Å². The van der Waals surface area contributed by atoms with Crippen LogP contribution < -0.4 is 4.89 Å². The first-order chi connectivity index (χ1) is 27.1. The van der Waals surface area contributed by atoms with E-state index in [9.17, 15) is 19.0 Å². The first-order valence-corrected chi connectivity index (χ1v) is 25.6. The van der Waals surface area contributed by atoms with E-state index in [1.807, 2.05) is 21.1 Å². The van der Waals surface area contributed by atoms with Gasteiger partial charge in [0.15, 0.2) is 0 Å². The van der Waals surface area contributed by atoms with E-state index in [2.05, 4.69) is 69.2 Å². The molecule has 0 aliphatic carbocycles. The van der Waals surface area contributed by atoms with Crippen molar-refractivity contribution in [2.45, 2.75) is 217 Å². The van der Waals surface area contributed by atoms with Crippen molar-refractivity contribution >= 4 is 19.6 Å². The van der Waals surface area contributed by atoms with E-state index in [0.29, 0.717) is 29.3 Å². The maximum Gasteiger partial charge on any atom is 0.306 e. The number of phosphoric ester groups is 1. The van der Waals surface area contributed by atoms with Crippen LogP contribution in [0.15, 0.2) is 0 Å². The number of quaternary nitrogens is 1. The highest BCUT2D eigenvalue weighted by Gasteiger charge is 2.23. The maximum absolute atomic E-state index is 13.1. The molecule has 0 aromatic rings. The number of hydrogen-bond acceptors (Lipinski definition) is 7. The van der Waals surface area contributed by atoms with Gasteiger partial charge < -0.3 is 23.2 Å². The van der Waals surface area contributed by atoms with Crippen molar-refractivity contribution in [3.63, 3.8) is 0 Å². The van der Waals surface area contributed by atoms with Gasteiger partial charge in [0, 0.05) is 19.3 Å². The molecule has 8 atom stereocenters. The lowest BCUT2D eigenvalue weighted by Gasteiger charge is -2.28. The number of Topliss-reactive ketones (excluding diaryl/α,β-unsaturated/α-hetero) is 1. The fourth-order valence-electron chi connectivity index (χ4n) is 7.94. The van der Waals surface area contributed by atoms with Gasteiger partial charge in [0.2, 0.25) is 0 Å². The molecule has 0 aliphatic rings. The number of phosphoric acid groups is 1. The number of ketones is 1. The molecule has 0 heterocycles. The van der Waals surface area contributed by atoms with Crippen molar-refractivity contribution in [3.05, 3.63) is 0 Å². The quantitative estimate of drug-likeness (QED) is 0.0345. The van der Waals surface area contributed by atoms with Crippen molar-refractivity contribution in [2.24, 2.45) is 47.3 Å². The Kier molecular flexibility index (Phi) is 32.4. The predicted octanol–water partition coefficient (Wildman–Crippen LogP) is 13.4. The van der Waals surface area contributed by atoms with Crippen molar-refractivity contribution in [2.75, 3.05) is 40.9 Å². The fourth-order valence-corrected chi connectivity index (χ4v) is 8.66. The molecule has 0 fully saturated rings. The molecule has 58 heavy (non-hydrogen) atoms. The summed E-state index contributed by atoms with van der Waals surface area (Å²) in [5, 5.41) is 0. The van der Waals surface area contributed by atoms with Gasteiger partial charge in [-0.15, -0.1) is 0 Å². The van der Waals surface area contributed by atoms with Crippen LogP contribution in [-0.4, -0.2) is 63.2 Å². The van der Waals surface area contributed by atoms with Crippen LogP contribution >= 0.6 is 7.82 Å². The summed E-state index contributed by atoms with van der Waals surface area (Å²) in [5.41, 5.74) is 0. The van der Waals surface area contributed by atoms with E-state index >= 15 is 0 Å². The lowest BCUT2D eigenvalue weighted by Crippen LogP contribution is -2.37. The van der Waals surface area contributed by atoms with Crippen LogP contribution in [-0.2, 0) is 27.9 Å². The minimum Gasteiger partial charge on any atom is -0.756 e. The molecule has 0 aromatic heterocycles. The molecular weight excluding hydrogens is 746 g/mol. The minimum absolute atomic E-state index is 0.00461. The second-order valence-corrected chi connectivity index (χ2v) is 22.6. The highest BCUT2D eigenvalue weighted by molar-refractivity contribution is 7.45. The molecule has 7 unspecified atom stereocenters. The minimum atomic E-state index is -4.60. The number of ether oxygens (including phenoxy) is 1. The van der Waals surface area contributed by atoms with Gasteiger partial charge >= 0.3 is 5.97 Å². The third kappa shape index (κ3) is 37.0. The van der Waals surface area contributed by atoms with Crippen LogP contribution in [0.2, 0.25) is 0 Å². The first kappa shape index (κ1) is 57.2. The van der Waals surface area contributed by atoms with Gasteiger partial charge in [-0.3, -0.25) is 14.2 Å². The van der Waals surface area contributed by atoms with Crippen LogP contribution in [0.5, 0.6) is 0 Å². The zero-order valence-corrected chi connectivity index (χ0v) is 41.5. The van der Waals surface area contributed by atoms with E-state index in [1.54, 1.807) is 0 Å². The molecule has 8 nitrogen and oxygen atoms in total. The summed E-state index contributed by atoms with van der Waals surface area (Å²) in [6.07, 6.45) is 22.6. The molecule has 346 valence electrons. The van der Waals surface area contributed by atoms with Gasteiger partial charge in [-0.05, 0) is 53.8 Å². The zero-order chi connectivity index (χ0) is 44.1. The molecule has 0 bridgehead atoms. The molecule has 9 heteroatoms. The van der Waals surface area contributed by atoms with Crippen molar-refractivity contribution in [1.29, 1.82) is 0 Å².